The third-order valence-corrected chi connectivity index (χ3v) is 4.34. The van der Waals surface area contributed by atoms with Crippen LogP contribution in [0.3, 0.4) is 0 Å². The van der Waals surface area contributed by atoms with Crippen LogP contribution in [0.4, 0.5) is 4.79 Å². The molecule has 1 rings (SSSR count). The molecular weight excluding hydrogens is 256 g/mol. The lowest BCUT2D eigenvalue weighted by atomic mass is 9.70. The summed E-state index contributed by atoms with van der Waals surface area (Å²) in [5, 5.41) is 14.5. The van der Waals surface area contributed by atoms with Crippen molar-refractivity contribution in [1.29, 1.82) is 0 Å². The fraction of sp³-hybridized carbons (Fsp3) is 0.867. The van der Waals surface area contributed by atoms with E-state index >= 15 is 0 Å². The summed E-state index contributed by atoms with van der Waals surface area (Å²) < 4.78 is 0. The number of nitrogens with one attached hydrogen (secondary N) is 2. The van der Waals surface area contributed by atoms with Gasteiger partial charge in [0.05, 0.1) is 0 Å². The monoisotopic (exact) mass is 284 g/mol. The van der Waals surface area contributed by atoms with Gasteiger partial charge in [-0.2, -0.15) is 0 Å². The molecule has 0 bridgehead atoms. The number of carbonyl (C=O) groups is 2. The van der Waals surface area contributed by atoms with Gasteiger partial charge in [-0.1, -0.05) is 27.2 Å². The standard InChI is InChI=1S/C15H28N2O3/c1-14(2,8-5-12(18)19)9-10-16-13(20)17-11-15(3)6-4-7-15/h4-11H2,1-3H3,(H,18,19)(H2,16,17,20). The number of hydrogen-bond donors (Lipinski definition) is 3. The number of carboxylic acid groups (broad SMARTS) is 1. The summed E-state index contributed by atoms with van der Waals surface area (Å²) in [4.78, 5) is 22.2. The van der Waals surface area contributed by atoms with Crippen molar-refractivity contribution in [3.63, 3.8) is 0 Å². The van der Waals surface area contributed by atoms with Gasteiger partial charge in [-0.3, -0.25) is 4.79 Å². The molecule has 0 heterocycles. The molecule has 5 heteroatoms. The van der Waals surface area contributed by atoms with Crippen LogP contribution in [0.2, 0.25) is 0 Å². The number of hydrogen-bond acceptors (Lipinski definition) is 2. The van der Waals surface area contributed by atoms with E-state index in [1.807, 2.05) is 13.8 Å². The number of urea groups is 1. The minimum Gasteiger partial charge on any atom is -0.481 e. The number of aliphatic carboxylic acids is 1. The summed E-state index contributed by atoms with van der Waals surface area (Å²) in [6, 6.07) is -0.118. The molecule has 3 N–H and O–H groups in total. The Labute approximate surface area is 121 Å². The Morgan fingerprint density at radius 2 is 1.85 bits per heavy atom. The Kier molecular flexibility index (Phi) is 5.84. The lowest BCUT2D eigenvalue weighted by Crippen LogP contribution is -2.44. The van der Waals surface area contributed by atoms with E-state index in [-0.39, 0.29) is 23.3 Å². The predicted molar refractivity (Wildman–Crippen MR) is 78.6 cm³/mol. The van der Waals surface area contributed by atoms with Gasteiger partial charge in [0, 0.05) is 19.5 Å². The number of carboxylic acids is 1. The van der Waals surface area contributed by atoms with Gasteiger partial charge in [0.2, 0.25) is 0 Å². The van der Waals surface area contributed by atoms with Crippen molar-refractivity contribution in [3.05, 3.63) is 0 Å². The van der Waals surface area contributed by atoms with Crippen molar-refractivity contribution in [2.45, 2.75) is 59.3 Å². The molecule has 1 saturated carbocycles. The average Bonchev–Trinajstić information content (AvgIpc) is 2.31. The van der Waals surface area contributed by atoms with E-state index in [9.17, 15) is 9.59 Å². The number of amides is 2. The highest BCUT2D eigenvalue weighted by atomic mass is 16.4. The summed E-state index contributed by atoms with van der Waals surface area (Å²) in [7, 11) is 0. The Hall–Kier alpha value is -1.26. The summed E-state index contributed by atoms with van der Waals surface area (Å²) in [6.07, 6.45) is 5.23. The molecule has 2 amide bonds. The van der Waals surface area contributed by atoms with Gasteiger partial charge >= 0.3 is 12.0 Å². The van der Waals surface area contributed by atoms with Crippen LogP contribution in [0.25, 0.3) is 0 Å². The maximum atomic E-state index is 11.7. The second kappa shape index (κ2) is 6.95. The second-order valence-corrected chi connectivity index (χ2v) is 7.08. The molecule has 0 aliphatic heterocycles. The van der Waals surface area contributed by atoms with Crippen molar-refractivity contribution in [2.75, 3.05) is 13.1 Å². The zero-order valence-corrected chi connectivity index (χ0v) is 12.9. The lowest BCUT2D eigenvalue weighted by Gasteiger charge is -2.38. The molecule has 116 valence electrons. The fourth-order valence-corrected chi connectivity index (χ4v) is 2.40. The highest BCUT2D eigenvalue weighted by Gasteiger charge is 2.31. The van der Waals surface area contributed by atoms with E-state index < -0.39 is 5.97 Å². The smallest absolute Gasteiger partial charge is 0.314 e. The molecule has 0 saturated heterocycles. The van der Waals surface area contributed by atoms with Crippen molar-refractivity contribution in [1.82, 2.24) is 10.6 Å². The molecule has 0 aromatic carbocycles. The van der Waals surface area contributed by atoms with Gasteiger partial charge in [-0.25, -0.2) is 4.79 Å². The van der Waals surface area contributed by atoms with Gasteiger partial charge in [0.1, 0.15) is 0 Å². The fourth-order valence-electron chi connectivity index (χ4n) is 2.40. The van der Waals surface area contributed by atoms with Crippen LogP contribution in [0, 0.1) is 10.8 Å². The van der Waals surface area contributed by atoms with Gasteiger partial charge < -0.3 is 15.7 Å². The normalized spacial score (nSPS) is 17.1. The van der Waals surface area contributed by atoms with Crippen LogP contribution in [-0.4, -0.2) is 30.2 Å². The van der Waals surface area contributed by atoms with E-state index in [1.165, 1.54) is 19.3 Å². The van der Waals surface area contributed by atoms with E-state index in [2.05, 4.69) is 17.6 Å². The van der Waals surface area contributed by atoms with E-state index in [0.29, 0.717) is 13.0 Å². The first-order valence-electron chi connectivity index (χ1n) is 7.46. The molecule has 0 aromatic rings. The van der Waals surface area contributed by atoms with Gasteiger partial charge in [-0.15, -0.1) is 0 Å². The van der Waals surface area contributed by atoms with Gasteiger partial charge in [0.25, 0.3) is 0 Å². The Bertz CT molecular complexity index is 349. The van der Waals surface area contributed by atoms with E-state index in [0.717, 1.165) is 13.0 Å². The van der Waals surface area contributed by atoms with Crippen LogP contribution in [0.15, 0.2) is 0 Å². The van der Waals surface area contributed by atoms with Crippen LogP contribution >= 0.6 is 0 Å². The molecule has 0 unspecified atom stereocenters. The van der Waals surface area contributed by atoms with Crippen LogP contribution in [-0.2, 0) is 4.79 Å². The highest BCUT2D eigenvalue weighted by Crippen LogP contribution is 2.39. The second-order valence-electron chi connectivity index (χ2n) is 7.08. The molecule has 0 aromatic heterocycles. The summed E-state index contributed by atoms with van der Waals surface area (Å²) >= 11 is 0. The number of rotatable bonds is 8. The highest BCUT2D eigenvalue weighted by molar-refractivity contribution is 5.73. The van der Waals surface area contributed by atoms with Gasteiger partial charge in [0.15, 0.2) is 0 Å². The van der Waals surface area contributed by atoms with Crippen LogP contribution in [0.5, 0.6) is 0 Å². The van der Waals surface area contributed by atoms with Crippen molar-refractivity contribution >= 4 is 12.0 Å². The molecule has 0 radical (unpaired) electrons. The first-order valence-corrected chi connectivity index (χ1v) is 7.46. The van der Waals surface area contributed by atoms with Crippen LogP contribution in [0.1, 0.15) is 59.3 Å². The third-order valence-electron chi connectivity index (χ3n) is 4.34. The van der Waals surface area contributed by atoms with Gasteiger partial charge in [-0.05, 0) is 36.5 Å². The van der Waals surface area contributed by atoms with E-state index in [4.69, 9.17) is 5.11 Å². The van der Waals surface area contributed by atoms with E-state index in [1.54, 1.807) is 0 Å². The number of carbonyl (C=O) groups excluding carboxylic acids is 1. The molecule has 5 nitrogen and oxygen atoms in total. The zero-order valence-electron chi connectivity index (χ0n) is 12.9. The molecule has 1 aliphatic rings. The molecule has 0 atom stereocenters. The average molecular weight is 284 g/mol. The van der Waals surface area contributed by atoms with Crippen molar-refractivity contribution < 1.29 is 14.7 Å². The van der Waals surface area contributed by atoms with Crippen LogP contribution < -0.4 is 10.6 Å². The maximum Gasteiger partial charge on any atom is 0.314 e. The van der Waals surface area contributed by atoms with Crippen molar-refractivity contribution in [3.8, 4) is 0 Å². The molecule has 0 spiro atoms. The zero-order chi connectivity index (χ0) is 15.2. The maximum absolute atomic E-state index is 11.7. The minimum absolute atomic E-state index is 0.0639. The summed E-state index contributed by atoms with van der Waals surface area (Å²) in [5.41, 5.74) is 0.226. The molecule has 1 aliphatic carbocycles. The first kappa shape index (κ1) is 16.8. The third kappa shape index (κ3) is 6.26. The summed E-state index contributed by atoms with van der Waals surface area (Å²) in [5.74, 6) is -0.766. The minimum atomic E-state index is -0.766. The topological polar surface area (TPSA) is 78.4 Å². The quantitative estimate of drug-likeness (QED) is 0.641. The SMILES string of the molecule is CC(C)(CCNC(=O)NCC1(C)CCC1)CCC(=O)O. The first-order chi connectivity index (χ1) is 9.22. The molecular formula is C15H28N2O3. The Morgan fingerprint density at radius 1 is 1.20 bits per heavy atom. The Morgan fingerprint density at radius 3 is 2.35 bits per heavy atom. The molecule has 1 fully saturated rings. The lowest BCUT2D eigenvalue weighted by molar-refractivity contribution is -0.137. The Balaban J connectivity index is 2.12. The summed E-state index contributed by atoms with van der Waals surface area (Å²) in [6.45, 7) is 7.58. The predicted octanol–water partition coefficient (Wildman–Crippen LogP) is 2.76. The van der Waals surface area contributed by atoms with Crippen molar-refractivity contribution in [2.24, 2.45) is 10.8 Å². The largest absolute Gasteiger partial charge is 0.481 e. The molecule has 20 heavy (non-hydrogen) atoms.